The quantitative estimate of drug-likeness (QED) is 0.327. The van der Waals surface area contributed by atoms with Crippen molar-refractivity contribution in [3.8, 4) is 0 Å². The zero-order chi connectivity index (χ0) is 22.1. The number of ketones is 1. The number of aliphatic hydroxyl groups is 1. The maximum absolute atomic E-state index is 14.1. The fraction of sp³-hybridized carbons (Fsp3) is 0.125. The average Bonchev–Trinajstić information content (AvgIpc) is 3.01. The molecule has 4 rings (SSSR count). The van der Waals surface area contributed by atoms with E-state index in [1.54, 1.807) is 55.7 Å². The zero-order valence-electron chi connectivity index (χ0n) is 16.5. The molecule has 7 heteroatoms. The predicted molar refractivity (Wildman–Crippen MR) is 117 cm³/mol. The standard InChI is InChI=1S/C24H18BrFN2O3/c1-14-4-5-17(11-19(14)26)22(29)20-21(16-6-8-18(25)9-7-16)28(24(31)23(20)30)13-15-3-2-10-27-12-15/h2-12,21,29H,13H2,1H3/t21-/m0/s1. The summed E-state index contributed by atoms with van der Waals surface area (Å²) in [5.74, 6) is -2.45. The van der Waals surface area contributed by atoms with Gasteiger partial charge in [-0.25, -0.2) is 4.39 Å². The molecule has 1 aliphatic rings. The van der Waals surface area contributed by atoms with Crippen molar-refractivity contribution in [1.82, 2.24) is 9.88 Å². The Labute approximate surface area is 187 Å². The first kappa shape index (κ1) is 20.9. The molecule has 1 saturated heterocycles. The van der Waals surface area contributed by atoms with Gasteiger partial charge in [-0.05, 0) is 47.9 Å². The van der Waals surface area contributed by atoms with E-state index in [1.165, 1.54) is 17.0 Å². The van der Waals surface area contributed by atoms with Crippen molar-refractivity contribution in [3.63, 3.8) is 0 Å². The van der Waals surface area contributed by atoms with Gasteiger partial charge in [-0.15, -0.1) is 0 Å². The van der Waals surface area contributed by atoms with Crippen LogP contribution in [0, 0.1) is 12.7 Å². The monoisotopic (exact) mass is 480 g/mol. The largest absolute Gasteiger partial charge is 0.507 e. The number of benzene rings is 2. The molecule has 156 valence electrons. The Morgan fingerprint density at radius 3 is 2.55 bits per heavy atom. The van der Waals surface area contributed by atoms with Crippen molar-refractivity contribution in [3.05, 3.63) is 105 Å². The molecular weight excluding hydrogens is 463 g/mol. The van der Waals surface area contributed by atoms with E-state index in [-0.39, 0.29) is 17.7 Å². The molecule has 1 amide bonds. The van der Waals surface area contributed by atoms with Gasteiger partial charge in [-0.3, -0.25) is 14.6 Å². The van der Waals surface area contributed by atoms with Gasteiger partial charge >= 0.3 is 0 Å². The summed E-state index contributed by atoms with van der Waals surface area (Å²) in [6.07, 6.45) is 3.24. The molecule has 0 spiro atoms. The number of aromatic nitrogens is 1. The fourth-order valence-corrected chi connectivity index (χ4v) is 3.88. The molecule has 0 aliphatic carbocycles. The number of aliphatic hydroxyl groups excluding tert-OH is 1. The number of Topliss-reactive ketones (excluding diaryl/α,β-unsaturated/α-hetero) is 1. The molecule has 1 fully saturated rings. The summed E-state index contributed by atoms with van der Waals surface area (Å²) in [6.45, 7) is 1.74. The minimum Gasteiger partial charge on any atom is -0.507 e. The average molecular weight is 481 g/mol. The first-order valence-corrected chi connectivity index (χ1v) is 10.4. The lowest BCUT2D eigenvalue weighted by Crippen LogP contribution is -2.29. The minimum atomic E-state index is -0.822. The lowest BCUT2D eigenvalue weighted by Gasteiger charge is -2.25. The Kier molecular flexibility index (Phi) is 5.69. The van der Waals surface area contributed by atoms with Crippen LogP contribution in [-0.4, -0.2) is 26.7 Å². The number of hydrogen-bond acceptors (Lipinski definition) is 4. The van der Waals surface area contributed by atoms with Gasteiger partial charge in [0.25, 0.3) is 11.7 Å². The van der Waals surface area contributed by atoms with Gasteiger partial charge < -0.3 is 10.0 Å². The molecule has 1 atom stereocenters. The number of amides is 1. The normalized spacial score (nSPS) is 17.9. The van der Waals surface area contributed by atoms with E-state index in [9.17, 15) is 19.1 Å². The van der Waals surface area contributed by atoms with Crippen molar-refractivity contribution < 1.29 is 19.1 Å². The summed E-state index contributed by atoms with van der Waals surface area (Å²) >= 11 is 3.38. The molecule has 0 radical (unpaired) electrons. The number of pyridine rings is 1. The van der Waals surface area contributed by atoms with E-state index < -0.39 is 29.3 Å². The number of rotatable bonds is 4. The third-order valence-electron chi connectivity index (χ3n) is 5.25. The van der Waals surface area contributed by atoms with E-state index in [0.29, 0.717) is 11.1 Å². The molecule has 5 nitrogen and oxygen atoms in total. The summed E-state index contributed by atoms with van der Waals surface area (Å²) in [7, 11) is 0. The summed E-state index contributed by atoms with van der Waals surface area (Å²) in [5, 5.41) is 11.0. The van der Waals surface area contributed by atoms with Crippen LogP contribution < -0.4 is 0 Å². The Morgan fingerprint density at radius 1 is 1.16 bits per heavy atom. The molecular formula is C24H18BrFN2O3. The molecule has 1 aliphatic heterocycles. The van der Waals surface area contributed by atoms with E-state index >= 15 is 0 Å². The topological polar surface area (TPSA) is 70.5 Å². The van der Waals surface area contributed by atoms with Crippen molar-refractivity contribution in [2.24, 2.45) is 0 Å². The van der Waals surface area contributed by atoms with Crippen LogP contribution in [0.2, 0.25) is 0 Å². The molecule has 31 heavy (non-hydrogen) atoms. The summed E-state index contributed by atoms with van der Waals surface area (Å²) in [6, 6.07) is 14.1. The minimum absolute atomic E-state index is 0.0699. The van der Waals surface area contributed by atoms with Gasteiger partial charge in [0.05, 0.1) is 11.6 Å². The first-order chi connectivity index (χ1) is 14.9. The summed E-state index contributed by atoms with van der Waals surface area (Å²) in [4.78, 5) is 31.4. The SMILES string of the molecule is Cc1ccc(C(O)=C2C(=O)C(=O)N(Cc3cccnc3)[C@H]2c2ccc(Br)cc2)cc1F. The fourth-order valence-electron chi connectivity index (χ4n) is 3.62. The Morgan fingerprint density at radius 2 is 1.90 bits per heavy atom. The van der Waals surface area contributed by atoms with Crippen molar-refractivity contribution >= 4 is 33.4 Å². The van der Waals surface area contributed by atoms with E-state index in [1.807, 2.05) is 0 Å². The van der Waals surface area contributed by atoms with Gasteiger partial charge in [0.1, 0.15) is 11.6 Å². The van der Waals surface area contributed by atoms with Crippen LogP contribution in [0.25, 0.3) is 5.76 Å². The second-order valence-electron chi connectivity index (χ2n) is 7.30. The van der Waals surface area contributed by atoms with Gasteiger partial charge in [0.2, 0.25) is 0 Å². The maximum Gasteiger partial charge on any atom is 0.295 e. The lowest BCUT2D eigenvalue weighted by atomic mass is 9.95. The number of hydrogen-bond donors (Lipinski definition) is 1. The highest BCUT2D eigenvalue weighted by molar-refractivity contribution is 9.10. The highest BCUT2D eigenvalue weighted by atomic mass is 79.9. The Hall–Kier alpha value is -3.32. The van der Waals surface area contributed by atoms with E-state index in [2.05, 4.69) is 20.9 Å². The number of halogens is 2. The van der Waals surface area contributed by atoms with Crippen LogP contribution in [0.4, 0.5) is 4.39 Å². The smallest absolute Gasteiger partial charge is 0.295 e. The molecule has 0 saturated carbocycles. The molecule has 1 aromatic heterocycles. The first-order valence-electron chi connectivity index (χ1n) is 9.56. The van der Waals surface area contributed by atoms with Crippen LogP contribution >= 0.6 is 15.9 Å². The number of aryl methyl sites for hydroxylation is 1. The van der Waals surface area contributed by atoms with Crippen molar-refractivity contribution in [2.75, 3.05) is 0 Å². The molecule has 2 heterocycles. The van der Waals surface area contributed by atoms with Crippen molar-refractivity contribution in [2.45, 2.75) is 19.5 Å². The van der Waals surface area contributed by atoms with E-state index in [0.717, 1.165) is 16.1 Å². The third kappa shape index (κ3) is 4.01. The van der Waals surface area contributed by atoms with Crippen LogP contribution in [0.15, 0.2) is 77.0 Å². The van der Waals surface area contributed by atoms with Crippen LogP contribution in [0.3, 0.4) is 0 Å². The maximum atomic E-state index is 14.1. The van der Waals surface area contributed by atoms with Gasteiger partial charge in [-0.1, -0.05) is 46.3 Å². The van der Waals surface area contributed by atoms with Crippen LogP contribution in [0.1, 0.15) is 28.3 Å². The number of nitrogens with zero attached hydrogens (tertiary/aromatic N) is 2. The van der Waals surface area contributed by atoms with Gasteiger partial charge in [-0.2, -0.15) is 0 Å². The summed E-state index contributed by atoms with van der Waals surface area (Å²) < 4.78 is 15.0. The number of carbonyl (C=O) groups excluding carboxylic acids is 2. The van der Waals surface area contributed by atoms with Crippen LogP contribution in [0.5, 0.6) is 0 Å². The third-order valence-corrected chi connectivity index (χ3v) is 5.78. The highest BCUT2D eigenvalue weighted by Gasteiger charge is 2.46. The van der Waals surface area contributed by atoms with Gasteiger partial charge in [0.15, 0.2) is 0 Å². The highest BCUT2D eigenvalue weighted by Crippen LogP contribution is 2.40. The second kappa shape index (κ2) is 8.43. The predicted octanol–water partition coefficient (Wildman–Crippen LogP) is 4.91. The summed E-state index contributed by atoms with van der Waals surface area (Å²) in [5.41, 5.74) is 1.88. The van der Waals surface area contributed by atoms with Gasteiger partial charge in [0, 0.05) is 29.0 Å². The Balaban J connectivity index is 1.87. The Bertz CT molecular complexity index is 1190. The van der Waals surface area contributed by atoms with E-state index in [4.69, 9.17) is 0 Å². The molecule has 3 aromatic rings. The number of likely N-dealkylation sites (tertiary alicyclic amines) is 1. The molecule has 1 N–H and O–H groups in total. The molecule has 0 bridgehead atoms. The van der Waals surface area contributed by atoms with Crippen LogP contribution in [-0.2, 0) is 16.1 Å². The second-order valence-corrected chi connectivity index (χ2v) is 8.22. The number of carbonyl (C=O) groups is 2. The molecule has 2 aromatic carbocycles. The lowest BCUT2D eigenvalue weighted by molar-refractivity contribution is -0.140. The van der Waals surface area contributed by atoms with Crippen molar-refractivity contribution in [1.29, 1.82) is 0 Å². The molecule has 0 unspecified atom stereocenters. The zero-order valence-corrected chi connectivity index (χ0v) is 18.1.